The van der Waals surface area contributed by atoms with Crippen molar-refractivity contribution >= 4 is 16.9 Å². The minimum atomic E-state index is 0.0652. The maximum Gasteiger partial charge on any atom is 0.255 e. The van der Waals surface area contributed by atoms with E-state index in [1.54, 1.807) is 6.20 Å². The number of hydrogen-bond acceptors (Lipinski definition) is 3. The Balaban J connectivity index is 1.61. The molecule has 166 valence electrons. The van der Waals surface area contributed by atoms with Crippen LogP contribution in [0.5, 0.6) is 0 Å². The van der Waals surface area contributed by atoms with Gasteiger partial charge in [-0.3, -0.25) is 4.79 Å². The smallest absolute Gasteiger partial charge is 0.255 e. The number of nitrogens with zero attached hydrogens (tertiary/aromatic N) is 3. The molecule has 0 aliphatic carbocycles. The first kappa shape index (κ1) is 21.3. The quantitative estimate of drug-likeness (QED) is 0.361. The van der Waals surface area contributed by atoms with Crippen LogP contribution in [0.4, 0.5) is 0 Å². The maximum absolute atomic E-state index is 14.2. The molecule has 0 radical (unpaired) electrons. The van der Waals surface area contributed by atoms with E-state index in [1.807, 2.05) is 48.5 Å². The average Bonchev–Trinajstić information content (AvgIpc) is 2.88. The van der Waals surface area contributed by atoms with Crippen molar-refractivity contribution in [3.63, 3.8) is 0 Å². The summed E-state index contributed by atoms with van der Waals surface area (Å²) in [6, 6.07) is 24.5. The zero-order valence-corrected chi connectivity index (χ0v) is 19.2. The van der Waals surface area contributed by atoms with E-state index >= 15 is 0 Å². The molecule has 0 saturated heterocycles. The summed E-state index contributed by atoms with van der Waals surface area (Å²) in [4.78, 5) is 25.5. The minimum Gasteiger partial charge on any atom is -0.331 e. The number of carbonyl (C=O) groups excluding carboxylic acids is 1. The predicted molar refractivity (Wildman–Crippen MR) is 133 cm³/mol. The Morgan fingerprint density at radius 2 is 1.85 bits per heavy atom. The van der Waals surface area contributed by atoms with Crippen molar-refractivity contribution in [2.45, 2.75) is 39.2 Å². The Bertz CT molecular complexity index is 1280. The SMILES string of the molecule is CCC(C)CC1c2ccccc2CCN1C(=O)c1cc(-c2ccccc2)nc2ncccc12. The van der Waals surface area contributed by atoms with Crippen LogP contribution in [0.15, 0.2) is 79.0 Å². The molecule has 4 nitrogen and oxygen atoms in total. The van der Waals surface area contributed by atoms with E-state index < -0.39 is 0 Å². The molecule has 0 saturated carbocycles. The molecular weight excluding hydrogens is 406 g/mol. The average molecular weight is 436 g/mol. The van der Waals surface area contributed by atoms with Crippen LogP contribution in [-0.2, 0) is 6.42 Å². The van der Waals surface area contributed by atoms with Gasteiger partial charge in [0.2, 0.25) is 0 Å². The van der Waals surface area contributed by atoms with Gasteiger partial charge in [-0.05, 0) is 48.1 Å². The topological polar surface area (TPSA) is 46.1 Å². The third-order valence-electron chi connectivity index (χ3n) is 6.88. The van der Waals surface area contributed by atoms with Gasteiger partial charge in [0.15, 0.2) is 5.65 Å². The zero-order valence-electron chi connectivity index (χ0n) is 19.2. The van der Waals surface area contributed by atoms with Crippen molar-refractivity contribution in [3.8, 4) is 11.3 Å². The number of fused-ring (bicyclic) bond motifs is 2. The van der Waals surface area contributed by atoms with Gasteiger partial charge in [-0.2, -0.15) is 0 Å². The third kappa shape index (κ3) is 4.13. The van der Waals surface area contributed by atoms with E-state index in [0.29, 0.717) is 17.1 Å². The molecule has 3 heterocycles. The van der Waals surface area contributed by atoms with Gasteiger partial charge in [0.05, 0.1) is 17.3 Å². The molecule has 2 aromatic carbocycles. The lowest BCUT2D eigenvalue weighted by molar-refractivity contribution is 0.0634. The van der Waals surface area contributed by atoms with E-state index in [1.165, 1.54) is 11.1 Å². The van der Waals surface area contributed by atoms with Crippen LogP contribution in [-0.4, -0.2) is 27.3 Å². The van der Waals surface area contributed by atoms with Gasteiger partial charge in [-0.1, -0.05) is 74.9 Å². The van der Waals surface area contributed by atoms with Gasteiger partial charge in [0.1, 0.15) is 0 Å². The fraction of sp³-hybridized carbons (Fsp3) is 0.276. The summed E-state index contributed by atoms with van der Waals surface area (Å²) in [5, 5.41) is 0.809. The fourth-order valence-corrected chi connectivity index (χ4v) is 4.84. The van der Waals surface area contributed by atoms with E-state index in [4.69, 9.17) is 4.98 Å². The number of carbonyl (C=O) groups is 1. The van der Waals surface area contributed by atoms with E-state index in [2.05, 4.69) is 48.0 Å². The molecule has 1 amide bonds. The van der Waals surface area contributed by atoms with Crippen molar-refractivity contribution in [2.75, 3.05) is 6.54 Å². The van der Waals surface area contributed by atoms with Crippen LogP contribution in [0, 0.1) is 5.92 Å². The van der Waals surface area contributed by atoms with E-state index in [9.17, 15) is 4.79 Å². The molecule has 2 unspecified atom stereocenters. The van der Waals surface area contributed by atoms with Gasteiger partial charge in [0, 0.05) is 23.7 Å². The zero-order chi connectivity index (χ0) is 22.8. The van der Waals surface area contributed by atoms with Gasteiger partial charge in [-0.25, -0.2) is 9.97 Å². The number of amides is 1. The second kappa shape index (κ2) is 9.14. The highest BCUT2D eigenvalue weighted by molar-refractivity contribution is 6.06. The summed E-state index contributed by atoms with van der Waals surface area (Å²) in [6.07, 6.45) is 4.68. The van der Waals surface area contributed by atoms with Crippen molar-refractivity contribution in [3.05, 3.63) is 95.7 Å². The van der Waals surface area contributed by atoms with Crippen LogP contribution in [0.25, 0.3) is 22.3 Å². The second-order valence-corrected chi connectivity index (χ2v) is 9.01. The van der Waals surface area contributed by atoms with Gasteiger partial charge < -0.3 is 4.90 Å². The van der Waals surface area contributed by atoms with E-state index in [-0.39, 0.29) is 11.9 Å². The van der Waals surface area contributed by atoms with Crippen LogP contribution < -0.4 is 0 Å². The first-order chi connectivity index (χ1) is 16.2. The van der Waals surface area contributed by atoms with Crippen molar-refractivity contribution in [1.29, 1.82) is 0 Å². The van der Waals surface area contributed by atoms with E-state index in [0.717, 1.165) is 42.5 Å². The number of hydrogen-bond donors (Lipinski definition) is 0. The molecule has 0 spiro atoms. The molecule has 5 rings (SSSR count). The lowest BCUT2D eigenvalue weighted by Gasteiger charge is -2.39. The highest BCUT2D eigenvalue weighted by atomic mass is 16.2. The second-order valence-electron chi connectivity index (χ2n) is 9.01. The lowest BCUT2D eigenvalue weighted by Crippen LogP contribution is -2.41. The van der Waals surface area contributed by atoms with Crippen molar-refractivity contribution in [1.82, 2.24) is 14.9 Å². The summed E-state index contributed by atoms with van der Waals surface area (Å²) in [6.45, 7) is 5.22. The molecule has 0 fully saturated rings. The number of rotatable bonds is 5. The summed E-state index contributed by atoms with van der Waals surface area (Å²) in [7, 11) is 0. The summed E-state index contributed by atoms with van der Waals surface area (Å²) in [5.41, 5.74) is 5.71. The molecule has 2 atom stereocenters. The Morgan fingerprint density at radius 3 is 2.67 bits per heavy atom. The number of aromatic nitrogens is 2. The summed E-state index contributed by atoms with van der Waals surface area (Å²) >= 11 is 0. The Kier molecular flexibility index (Phi) is 5.91. The van der Waals surface area contributed by atoms with Crippen molar-refractivity contribution in [2.24, 2.45) is 5.92 Å². The monoisotopic (exact) mass is 435 g/mol. The Morgan fingerprint density at radius 1 is 1.06 bits per heavy atom. The Labute approximate surface area is 195 Å². The first-order valence-electron chi connectivity index (χ1n) is 11.9. The first-order valence-corrected chi connectivity index (χ1v) is 11.9. The molecule has 2 aromatic heterocycles. The number of pyridine rings is 2. The predicted octanol–water partition coefficient (Wildman–Crippen LogP) is 6.47. The van der Waals surface area contributed by atoms with Crippen LogP contribution >= 0.6 is 0 Å². The fourth-order valence-electron chi connectivity index (χ4n) is 4.84. The number of benzene rings is 2. The summed E-state index contributed by atoms with van der Waals surface area (Å²) < 4.78 is 0. The third-order valence-corrected chi connectivity index (χ3v) is 6.88. The molecule has 0 N–H and O–H groups in total. The summed E-state index contributed by atoms with van der Waals surface area (Å²) in [5.74, 6) is 0.600. The highest BCUT2D eigenvalue weighted by Gasteiger charge is 2.33. The molecule has 1 aliphatic rings. The lowest BCUT2D eigenvalue weighted by atomic mass is 9.86. The minimum absolute atomic E-state index is 0.0652. The van der Waals surface area contributed by atoms with Gasteiger partial charge in [0.25, 0.3) is 5.91 Å². The van der Waals surface area contributed by atoms with Crippen LogP contribution in [0.2, 0.25) is 0 Å². The maximum atomic E-state index is 14.2. The van der Waals surface area contributed by atoms with Gasteiger partial charge >= 0.3 is 0 Å². The molecule has 4 heteroatoms. The molecule has 33 heavy (non-hydrogen) atoms. The molecule has 0 bridgehead atoms. The molecule has 1 aliphatic heterocycles. The van der Waals surface area contributed by atoms with Crippen molar-refractivity contribution < 1.29 is 4.79 Å². The normalized spacial score (nSPS) is 16.4. The molecular formula is C29H29N3O. The Hall–Kier alpha value is -3.53. The van der Waals surface area contributed by atoms with Crippen LogP contribution in [0.3, 0.4) is 0 Å². The van der Waals surface area contributed by atoms with Gasteiger partial charge in [-0.15, -0.1) is 0 Å². The highest BCUT2D eigenvalue weighted by Crippen LogP contribution is 2.37. The van der Waals surface area contributed by atoms with Crippen LogP contribution in [0.1, 0.15) is 54.2 Å². The standard InChI is InChI=1S/C29H29N3O/c1-3-20(2)18-27-23-13-8-7-10-21(23)15-17-32(27)29(33)25-19-26(22-11-5-4-6-12-22)31-28-24(25)14-9-16-30-28/h4-14,16,19-20,27H,3,15,17-18H2,1-2H3. The largest absolute Gasteiger partial charge is 0.331 e. The molecule has 4 aromatic rings.